The fourth-order valence-electron chi connectivity index (χ4n) is 6.56. The molecule has 6 nitrogen and oxygen atoms in total. The zero-order valence-electron chi connectivity index (χ0n) is 27.1. The number of hydrogen-bond donors (Lipinski definition) is 1. The standard InChI is InChI=1S/C36H45F2N3O3/c1-22-30(25-8-9-26-20-40(15-12-24(26)18-25)21-27-19-28(37)10-11-29(27)38)32(41-16-13-36(6,7)14-17-41)31(23(2)39-22)33(34(42)43)44-35(3,4)5/h8-11,18-19,33H,12-17,20-21H2,1-7H3,(H,42,43)/t33-/m0/s1. The van der Waals surface area contributed by atoms with Gasteiger partial charge in [-0.05, 0) is 94.2 Å². The van der Waals surface area contributed by atoms with Gasteiger partial charge in [0.25, 0.3) is 0 Å². The van der Waals surface area contributed by atoms with Crippen LogP contribution in [0, 0.1) is 30.9 Å². The Bertz CT molecular complexity index is 1550. The number of carboxylic acids is 1. The highest BCUT2D eigenvalue weighted by Crippen LogP contribution is 2.45. The molecule has 0 amide bonds. The molecule has 3 aromatic rings. The second-order valence-electron chi connectivity index (χ2n) is 14.2. The van der Waals surface area contributed by atoms with Crippen LogP contribution in [-0.4, -0.2) is 46.2 Å². The maximum atomic E-state index is 14.3. The first-order chi connectivity index (χ1) is 20.6. The molecule has 0 unspecified atom stereocenters. The van der Waals surface area contributed by atoms with Crippen LogP contribution in [0.4, 0.5) is 14.5 Å². The van der Waals surface area contributed by atoms with E-state index in [1.165, 1.54) is 17.7 Å². The van der Waals surface area contributed by atoms with Crippen molar-refractivity contribution in [1.82, 2.24) is 9.88 Å². The van der Waals surface area contributed by atoms with Gasteiger partial charge in [-0.15, -0.1) is 0 Å². The van der Waals surface area contributed by atoms with Crippen LogP contribution in [-0.2, 0) is 29.0 Å². The number of nitrogens with zero attached hydrogens (tertiary/aromatic N) is 3. The Balaban J connectivity index is 1.57. The predicted molar refractivity (Wildman–Crippen MR) is 170 cm³/mol. The second kappa shape index (κ2) is 12.2. The van der Waals surface area contributed by atoms with Crippen molar-refractivity contribution in [3.05, 3.63) is 81.7 Å². The number of aliphatic carboxylic acids is 1. The Morgan fingerprint density at radius 2 is 1.73 bits per heavy atom. The van der Waals surface area contributed by atoms with Gasteiger partial charge in [0.15, 0.2) is 6.10 Å². The van der Waals surface area contributed by atoms with Crippen LogP contribution in [0.2, 0.25) is 0 Å². The third-order valence-electron chi connectivity index (χ3n) is 8.96. The van der Waals surface area contributed by atoms with Gasteiger partial charge < -0.3 is 14.7 Å². The molecular weight excluding hydrogens is 560 g/mol. The minimum atomic E-state index is -1.17. The van der Waals surface area contributed by atoms with E-state index in [4.69, 9.17) is 9.72 Å². The highest BCUT2D eigenvalue weighted by molar-refractivity contribution is 5.88. The van der Waals surface area contributed by atoms with Crippen LogP contribution in [0.1, 0.15) is 87.2 Å². The van der Waals surface area contributed by atoms with E-state index in [9.17, 15) is 18.7 Å². The molecule has 5 rings (SSSR count). The smallest absolute Gasteiger partial charge is 0.337 e. The van der Waals surface area contributed by atoms with E-state index in [-0.39, 0.29) is 5.41 Å². The Labute approximate surface area is 260 Å². The first-order valence-corrected chi connectivity index (χ1v) is 15.6. The maximum absolute atomic E-state index is 14.3. The number of aryl methyl sites for hydroxylation is 2. The lowest BCUT2D eigenvalue weighted by atomic mass is 9.81. The number of ether oxygens (including phenoxy) is 1. The molecule has 2 aliphatic rings. The zero-order chi connectivity index (χ0) is 32.0. The molecule has 0 bridgehead atoms. The zero-order valence-corrected chi connectivity index (χ0v) is 27.1. The summed E-state index contributed by atoms with van der Waals surface area (Å²) in [5.41, 5.74) is 7.24. The molecule has 8 heteroatoms. The van der Waals surface area contributed by atoms with E-state index in [1.807, 2.05) is 34.6 Å². The van der Waals surface area contributed by atoms with Gasteiger partial charge in [-0.3, -0.25) is 9.88 Å². The molecule has 1 aromatic heterocycles. The van der Waals surface area contributed by atoms with Crippen molar-refractivity contribution < 1.29 is 23.4 Å². The van der Waals surface area contributed by atoms with Gasteiger partial charge in [0.1, 0.15) is 11.6 Å². The minimum absolute atomic E-state index is 0.216. The molecule has 44 heavy (non-hydrogen) atoms. The number of fused-ring (bicyclic) bond motifs is 1. The predicted octanol–water partition coefficient (Wildman–Crippen LogP) is 7.77. The molecule has 1 saturated heterocycles. The first kappa shape index (κ1) is 32.0. The van der Waals surface area contributed by atoms with Crippen molar-refractivity contribution in [2.75, 3.05) is 24.5 Å². The number of carboxylic acid groups (broad SMARTS) is 1. The number of aromatic nitrogens is 1. The van der Waals surface area contributed by atoms with Crippen molar-refractivity contribution in [2.45, 2.75) is 92.5 Å². The van der Waals surface area contributed by atoms with Crippen LogP contribution < -0.4 is 4.90 Å². The Morgan fingerprint density at radius 3 is 2.39 bits per heavy atom. The van der Waals surface area contributed by atoms with Gasteiger partial charge >= 0.3 is 5.97 Å². The summed E-state index contributed by atoms with van der Waals surface area (Å²) in [6.07, 6.45) is 1.59. The Hall–Kier alpha value is -3.36. The first-order valence-electron chi connectivity index (χ1n) is 15.6. The van der Waals surface area contributed by atoms with Crippen LogP contribution in [0.25, 0.3) is 11.1 Å². The summed E-state index contributed by atoms with van der Waals surface area (Å²) in [5.74, 6) is -1.86. The molecule has 2 aliphatic heterocycles. The monoisotopic (exact) mass is 605 g/mol. The number of anilines is 1. The molecule has 0 saturated carbocycles. The van der Waals surface area contributed by atoms with Crippen molar-refractivity contribution in [3.8, 4) is 11.1 Å². The van der Waals surface area contributed by atoms with Crippen LogP contribution >= 0.6 is 0 Å². The summed E-state index contributed by atoms with van der Waals surface area (Å²) in [7, 11) is 0. The molecule has 2 aromatic carbocycles. The van der Waals surface area contributed by atoms with Crippen molar-refractivity contribution in [1.29, 1.82) is 0 Å². The summed E-state index contributed by atoms with van der Waals surface area (Å²) < 4.78 is 34.3. The van der Waals surface area contributed by atoms with E-state index in [0.29, 0.717) is 29.9 Å². The van der Waals surface area contributed by atoms with Crippen LogP contribution in [0.5, 0.6) is 0 Å². The fourth-order valence-corrected chi connectivity index (χ4v) is 6.56. The summed E-state index contributed by atoms with van der Waals surface area (Å²) in [6.45, 7) is 17.4. The number of pyridine rings is 1. The quantitative estimate of drug-likeness (QED) is 0.297. The minimum Gasteiger partial charge on any atom is -0.479 e. The lowest BCUT2D eigenvalue weighted by Crippen LogP contribution is -2.39. The van der Waals surface area contributed by atoms with Gasteiger partial charge in [0, 0.05) is 60.8 Å². The number of benzene rings is 2. The van der Waals surface area contributed by atoms with Crippen molar-refractivity contribution in [2.24, 2.45) is 5.41 Å². The topological polar surface area (TPSA) is 65.9 Å². The van der Waals surface area contributed by atoms with Gasteiger partial charge in [-0.2, -0.15) is 0 Å². The molecule has 1 fully saturated rings. The molecule has 236 valence electrons. The van der Waals surface area contributed by atoms with Gasteiger partial charge in [-0.25, -0.2) is 13.6 Å². The maximum Gasteiger partial charge on any atom is 0.337 e. The molecule has 1 N–H and O–H groups in total. The lowest BCUT2D eigenvalue weighted by molar-refractivity contribution is -0.160. The number of halogens is 2. The summed E-state index contributed by atoms with van der Waals surface area (Å²) in [6, 6.07) is 10.0. The molecular formula is C36H45F2N3O3. The van der Waals surface area contributed by atoms with Gasteiger partial charge in [0.2, 0.25) is 0 Å². The van der Waals surface area contributed by atoms with Gasteiger partial charge in [-0.1, -0.05) is 32.0 Å². The fraction of sp³-hybridized carbons (Fsp3) is 0.500. The summed E-state index contributed by atoms with van der Waals surface area (Å²) in [4.78, 5) is 22.2. The van der Waals surface area contributed by atoms with E-state index < -0.39 is 29.3 Å². The third kappa shape index (κ3) is 6.97. The number of piperidine rings is 1. The summed E-state index contributed by atoms with van der Waals surface area (Å²) >= 11 is 0. The molecule has 1 atom stereocenters. The Kier molecular flexibility index (Phi) is 8.89. The number of carbonyl (C=O) groups is 1. The van der Waals surface area contributed by atoms with Crippen molar-refractivity contribution in [3.63, 3.8) is 0 Å². The SMILES string of the molecule is Cc1nc(C)c([C@H](OC(C)(C)C)C(=O)O)c(N2CCC(C)(C)CC2)c1-c1ccc2c(c1)CCN(Cc1cc(F)ccc1F)C2. The highest BCUT2D eigenvalue weighted by Gasteiger charge is 2.36. The van der Waals surface area contributed by atoms with E-state index in [1.54, 1.807) is 0 Å². The largest absolute Gasteiger partial charge is 0.479 e. The average Bonchev–Trinajstić information content (AvgIpc) is 2.93. The second-order valence-corrected chi connectivity index (χ2v) is 14.2. The van der Waals surface area contributed by atoms with E-state index in [0.717, 1.165) is 73.0 Å². The van der Waals surface area contributed by atoms with Crippen LogP contribution in [0.15, 0.2) is 36.4 Å². The third-order valence-corrected chi connectivity index (χ3v) is 8.96. The number of rotatable bonds is 7. The lowest BCUT2D eigenvalue weighted by Gasteiger charge is -2.41. The van der Waals surface area contributed by atoms with Gasteiger partial charge in [0.05, 0.1) is 11.3 Å². The average molecular weight is 606 g/mol. The molecule has 0 aliphatic carbocycles. The van der Waals surface area contributed by atoms with E-state index >= 15 is 0 Å². The van der Waals surface area contributed by atoms with E-state index in [2.05, 4.69) is 41.8 Å². The van der Waals surface area contributed by atoms with Crippen molar-refractivity contribution >= 4 is 11.7 Å². The molecule has 0 radical (unpaired) electrons. The number of hydrogen-bond acceptors (Lipinski definition) is 5. The normalized spacial score (nSPS) is 17.8. The molecule has 0 spiro atoms. The highest BCUT2D eigenvalue weighted by atomic mass is 19.1. The summed E-state index contributed by atoms with van der Waals surface area (Å²) in [5, 5.41) is 10.5. The van der Waals surface area contributed by atoms with Crippen LogP contribution in [0.3, 0.4) is 0 Å². The molecule has 3 heterocycles. The Morgan fingerprint density at radius 1 is 1.02 bits per heavy atom.